The highest BCUT2D eigenvalue weighted by Gasteiger charge is 2.11. The predicted molar refractivity (Wildman–Crippen MR) is 62.8 cm³/mol. The molecule has 0 aliphatic rings. The monoisotopic (exact) mass is 202 g/mol. The van der Waals surface area contributed by atoms with Crippen LogP contribution in [0.5, 0.6) is 0 Å². The fourth-order valence-electron chi connectivity index (χ4n) is 1.53. The largest absolute Gasteiger partial charge is 0.418 e. The molecule has 0 saturated carbocycles. The quantitative estimate of drug-likeness (QED) is 0.545. The summed E-state index contributed by atoms with van der Waals surface area (Å²) in [6.45, 7) is 8.86. The third-order valence-corrected chi connectivity index (χ3v) is 5.26. The molecule has 0 saturated heterocycles. The van der Waals surface area contributed by atoms with Gasteiger partial charge in [-0.05, 0) is 25.9 Å². The molecule has 0 bridgehead atoms. The van der Waals surface area contributed by atoms with Gasteiger partial charge in [0, 0.05) is 6.10 Å². The van der Waals surface area contributed by atoms with E-state index in [-0.39, 0.29) is 0 Å². The lowest BCUT2D eigenvalue weighted by Crippen LogP contribution is -2.21. The van der Waals surface area contributed by atoms with E-state index in [4.69, 9.17) is 4.43 Å². The molecule has 1 nitrogen and oxygen atoms in total. The van der Waals surface area contributed by atoms with Gasteiger partial charge in [0.25, 0.3) is 0 Å². The first kappa shape index (κ1) is 13.2. The Kier molecular flexibility index (Phi) is 8.88. The van der Waals surface area contributed by atoms with E-state index in [0.29, 0.717) is 6.10 Å². The van der Waals surface area contributed by atoms with Crippen LogP contribution in [0.1, 0.15) is 53.4 Å². The Morgan fingerprint density at radius 2 is 1.46 bits per heavy atom. The van der Waals surface area contributed by atoms with Crippen molar-refractivity contribution in [1.82, 2.24) is 0 Å². The Balaban J connectivity index is 3.60. The first-order valence-corrected chi connectivity index (χ1v) is 7.96. The average Bonchev–Trinajstić information content (AvgIpc) is 2.09. The Labute approximate surface area is 85.6 Å². The number of rotatable bonds is 8. The molecule has 0 N–H and O–H groups in total. The molecule has 0 atom stereocenters. The van der Waals surface area contributed by atoms with Crippen LogP contribution in [0.2, 0.25) is 12.1 Å². The van der Waals surface area contributed by atoms with Gasteiger partial charge in [-0.1, -0.05) is 39.5 Å². The average molecular weight is 202 g/mol. The van der Waals surface area contributed by atoms with Gasteiger partial charge in [0.15, 0.2) is 9.04 Å². The second kappa shape index (κ2) is 8.76. The predicted octanol–water partition coefficient (Wildman–Crippen LogP) is 3.74. The molecular formula is C11H26OSi. The molecule has 0 fully saturated rings. The molecule has 0 unspecified atom stereocenters. The van der Waals surface area contributed by atoms with E-state index in [9.17, 15) is 0 Å². The summed E-state index contributed by atoms with van der Waals surface area (Å²) in [6, 6.07) is 2.77. The fraction of sp³-hybridized carbons (Fsp3) is 1.00. The number of unbranched alkanes of at least 4 members (excludes halogenated alkanes) is 2. The molecule has 0 aromatic heterocycles. The Hall–Kier alpha value is 0.177. The minimum Gasteiger partial charge on any atom is -0.418 e. The zero-order chi connectivity index (χ0) is 10.1. The van der Waals surface area contributed by atoms with E-state index in [1.165, 1.54) is 37.8 Å². The van der Waals surface area contributed by atoms with Crippen molar-refractivity contribution < 1.29 is 4.43 Å². The van der Waals surface area contributed by atoms with Crippen LogP contribution in [0.4, 0.5) is 0 Å². The smallest absolute Gasteiger partial charge is 0.177 e. The lowest BCUT2D eigenvalue weighted by Gasteiger charge is -2.18. The molecule has 0 rings (SSSR count). The molecule has 0 radical (unpaired) electrons. The van der Waals surface area contributed by atoms with Crippen molar-refractivity contribution in [2.75, 3.05) is 0 Å². The van der Waals surface area contributed by atoms with Crippen LogP contribution >= 0.6 is 0 Å². The second-order valence-electron chi connectivity index (χ2n) is 4.09. The summed E-state index contributed by atoms with van der Waals surface area (Å²) >= 11 is 0. The number of hydrogen-bond donors (Lipinski definition) is 0. The molecule has 0 aromatic rings. The van der Waals surface area contributed by atoms with Gasteiger partial charge in [0.05, 0.1) is 0 Å². The Morgan fingerprint density at radius 1 is 1.00 bits per heavy atom. The summed E-state index contributed by atoms with van der Waals surface area (Å²) in [7, 11) is -0.827. The van der Waals surface area contributed by atoms with Crippen LogP contribution in [0, 0.1) is 0 Å². The van der Waals surface area contributed by atoms with E-state index in [2.05, 4.69) is 27.7 Å². The van der Waals surface area contributed by atoms with Gasteiger partial charge >= 0.3 is 0 Å². The molecule has 0 amide bonds. The molecule has 80 valence electrons. The standard InChI is InChI=1S/C11H26OSi/c1-5-7-9-13(10-8-6-2)12-11(3)4/h11,13H,5-10H2,1-4H3. The highest BCUT2D eigenvalue weighted by molar-refractivity contribution is 6.51. The van der Waals surface area contributed by atoms with E-state index in [1.54, 1.807) is 0 Å². The van der Waals surface area contributed by atoms with Gasteiger partial charge in [-0.3, -0.25) is 0 Å². The maximum Gasteiger partial charge on any atom is 0.177 e. The summed E-state index contributed by atoms with van der Waals surface area (Å²) in [5, 5.41) is 0. The molecule has 13 heavy (non-hydrogen) atoms. The van der Waals surface area contributed by atoms with E-state index in [0.717, 1.165) is 0 Å². The van der Waals surface area contributed by atoms with Gasteiger partial charge in [-0.25, -0.2) is 0 Å². The Bertz CT molecular complexity index is 96.3. The summed E-state index contributed by atoms with van der Waals surface area (Å²) in [5.41, 5.74) is 0. The molecular weight excluding hydrogens is 176 g/mol. The maximum atomic E-state index is 5.99. The Morgan fingerprint density at radius 3 is 1.77 bits per heavy atom. The van der Waals surface area contributed by atoms with Gasteiger partial charge in [0.1, 0.15) is 0 Å². The van der Waals surface area contributed by atoms with Gasteiger partial charge in [-0.2, -0.15) is 0 Å². The first-order chi connectivity index (χ1) is 6.20. The van der Waals surface area contributed by atoms with E-state index >= 15 is 0 Å². The van der Waals surface area contributed by atoms with Crippen LogP contribution in [0.15, 0.2) is 0 Å². The van der Waals surface area contributed by atoms with E-state index < -0.39 is 9.04 Å². The lowest BCUT2D eigenvalue weighted by molar-refractivity contribution is 0.240. The minimum atomic E-state index is -0.827. The highest BCUT2D eigenvalue weighted by Crippen LogP contribution is 2.12. The zero-order valence-corrected chi connectivity index (χ0v) is 11.0. The number of hydrogen-bond acceptors (Lipinski definition) is 1. The van der Waals surface area contributed by atoms with Crippen LogP contribution in [0.25, 0.3) is 0 Å². The fourth-order valence-corrected chi connectivity index (χ4v) is 4.59. The van der Waals surface area contributed by atoms with Crippen molar-refractivity contribution >= 4 is 9.04 Å². The minimum absolute atomic E-state index is 0.449. The summed E-state index contributed by atoms with van der Waals surface area (Å²) < 4.78 is 5.99. The third-order valence-electron chi connectivity index (χ3n) is 2.22. The SMILES string of the molecule is CCCC[SiH](CCCC)OC(C)C. The van der Waals surface area contributed by atoms with Crippen molar-refractivity contribution in [2.45, 2.75) is 71.6 Å². The maximum absolute atomic E-state index is 5.99. The van der Waals surface area contributed by atoms with Crippen LogP contribution in [-0.4, -0.2) is 15.1 Å². The lowest BCUT2D eigenvalue weighted by atomic mass is 10.4. The normalized spacial score (nSPS) is 11.5. The zero-order valence-electron chi connectivity index (χ0n) is 9.81. The van der Waals surface area contributed by atoms with Gasteiger partial charge in [-0.15, -0.1) is 0 Å². The van der Waals surface area contributed by atoms with Crippen LogP contribution in [-0.2, 0) is 4.43 Å². The molecule has 0 aliphatic heterocycles. The summed E-state index contributed by atoms with van der Waals surface area (Å²) in [4.78, 5) is 0. The molecule has 2 heteroatoms. The molecule has 0 heterocycles. The van der Waals surface area contributed by atoms with Crippen molar-refractivity contribution in [1.29, 1.82) is 0 Å². The van der Waals surface area contributed by atoms with Crippen LogP contribution < -0.4 is 0 Å². The summed E-state index contributed by atoms with van der Waals surface area (Å²) in [5.74, 6) is 0. The highest BCUT2D eigenvalue weighted by atomic mass is 28.3. The van der Waals surface area contributed by atoms with Crippen molar-refractivity contribution in [3.05, 3.63) is 0 Å². The molecule has 0 aromatic carbocycles. The van der Waals surface area contributed by atoms with Crippen LogP contribution in [0.3, 0.4) is 0 Å². The third kappa shape index (κ3) is 8.51. The van der Waals surface area contributed by atoms with Gasteiger partial charge in [0.2, 0.25) is 0 Å². The van der Waals surface area contributed by atoms with Crippen molar-refractivity contribution in [3.8, 4) is 0 Å². The second-order valence-corrected chi connectivity index (χ2v) is 6.76. The van der Waals surface area contributed by atoms with Crippen molar-refractivity contribution in [2.24, 2.45) is 0 Å². The van der Waals surface area contributed by atoms with Crippen molar-refractivity contribution in [3.63, 3.8) is 0 Å². The van der Waals surface area contributed by atoms with E-state index in [1.807, 2.05) is 0 Å². The van der Waals surface area contributed by atoms with Gasteiger partial charge < -0.3 is 4.43 Å². The molecule has 0 aliphatic carbocycles. The molecule has 0 spiro atoms. The topological polar surface area (TPSA) is 9.23 Å². The first-order valence-electron chi connectivity index (χ1n) is 5.86. The summed E-state index contributed by atoms with van der Waals surface area (Å²) in [6.07, 6.45) is 5.82.